The molecule has 2 heterocycles. The van der Waals surface area contributed by atoms with Gasteiger partial charge < -0.3 is 9.14 Å². The van der Waals surface area contributed by atoms with Crippen LogP contribution in [0.3, 0.4) is 0 Å². The van der Waals surface area contributed by atoms with E-state index in [0.717, 1.165) is 0 Å². The summed E-state index contributed by atoms with van der Waals surface area (Å²) in [6, 6.07) is 7.50. The second-order valence-electron chi connectivity index (χ2n) is 4.61. The van der Waals surface area contributed by atoms with Gasteiger partial charge >= 0.3 is 5.69 Å². The molecule has 112 valence electrons. The summed E-state index contributed by atoms with van der Waals surface area (Å²) in [6.45, 7) is 2.10. The van der Waals surface area contributed by atoms with E-state index in [1.54, 1.807) is 31.3 Å². The van der Waals surface area contributed by atoms with Gasteiger partial charge in [0.05, 0.1) is 17.2 Å². The van der Waals surface area contributed by atoms with E-state index in [0.29, 0.717) is 23.5 Å². The molecule has 0 radical (unpaired) electrons. The summed E-state index contributed by atoms with van der Waals surface area (Å²) in [5.74, 6) is -0.166. The van der Waals surface area contributed by atoms with Gasteiger partial charge in [0.2, 0.25) is 0 Å². The first-order valence-corrected chi connectivity index (χ1v) is 6.64. The van der Waals surface area contributed by atoms with Gasteiger partial charge in [-0.25, -0.2) is 9.37 Å². The zero-order valence-electron chi connectivity index (χ0n) is 11.7. The molecule has 3 aromatic rings. The first-order valence-electron chi connectivity index (χ1n) is 6.64. The number of nitrogens with zero attached hydrogens (tertiary/aromatic N) is 3. The van der Waals surface area contributed by atoms with Crippen molar-refractivity contribution in [3.63, 3.8) is 0 Å². The molecule has 3 rings (SSSR count). The fourth-order valence-corrected chi connectivity index (χ4v) is 2.20. The van der Waals surface area contributed by atoms with Crippen LogP contribution in [0.15, 0.2) is 42.7 Å². The Labute approximate surface area is 124 Å². The summed E-state index contributed by atoms with van der Waals surface area (Å²) in [4.78, 5) is 15.0. The Bertz CT molecular complexity index is 860. The molecule has 0 aliphatic heterocycles. The Balaban J connectivity index is 2.09. The number of hydrogen-bond donors (Lipinski definition) is 0. The third-order valence-electron chi connectivity index (χ3n) is 3.17. The highest BCUT2D eigenvalue weighted by Gasteiger charge is 2.17. The lowest BCUT2D eigenvalue weighted by molar-refractivity contribution is -0.385. The van der Waals surface area contributed by atoms with Gasteiger partial charge in [0, 0.05) is 24.0 Å². The molecule has 0 saturated heterocycles. The molecule has 0 aliphatic rings. The zero-order chi connectivity index (χ0) is 15.7. The second kappa shape index (κ2) is 5.44. The average Bonchev–Trinajstić information content (AvgIpc) is 2.90. The van der Waals surface area contributed by atoms with Crippen LogP contribution in [0.25, 0.3) is 16.9 Å². The molecule has 0 fully saturated rings. The van der Waals surface area contributed by atoms with Crippen LogP contribution in [0.1, 0.15) is 6.92 Å². The molecule has 0 bridgehead atoms. The van der Waals surface area contributed by atoms with E-state index in [2.05, 4.69) is 4.98 Å². The molecule has 2 aromatic heterocycles. The highest BCUT2D eigenvalue weighted by atomic mass is 19.1. The van der Waals surface area contributed by atoms with E-state index in [4.69, 9.17) is 4.74 Å². The Morgan fingerprint density at radius 1 is 1.32 bits per heavy atom. The number of benzene rings is 1. The number of hydrogen-bond acceptors (Lipinski definition) is 4. The lowest BCUT2D eigenvalue weighted by Gasteiger charge is -2.05. The molecule has 0 aliphatic carbocycles. The number of pyridine rings is 1. The first-order chi connectivity index (χ1) is 10.6. The molecular weight excluding hydrogens is 289 g/mol. The maximum Gasteiger partial charge on any atom is 0.311 e. The predicted molar refractivity (Wildman–Crippen MR) is 78.4 cm³/mol. The van der Waals surface area contributed by atoms with E-state index >= 15 is 0 Å². The van der Waals surface area contributed by atoms with Gasteiger partial charge in [0.15, 0.2) is 5.75 Å². The number of rotatable bonds is 4. The Morgan fingerprint density at radius 3 is 2.86 bits per heavy atom. The van der Waals surface area contributed by atoms with Crippen LogP contribution in [0.5, 0.6) is 5.75 Å². The lowest BCUT2D eigenvalue weighted by atomic mass is 10.1. The Hall–Kier alpha value is -2.96. The number of ether oxygens (including phenoxy) is 1. The van der Waals surface area contributed by atoms with E-state index in [1.807, 2.05) is 0 Å². The third kappa shape index (κ3) is 2.48. The number of nitro groups is 1. The zero-order valence-corrected chi connectivity index (χ0v) is 11.7. The smallest absolute Gasteiger partial charge is 0.311 e. The van der Waals surface area contributed by atoms with Crippen molar-refractivity contribution in [1.29, 1.82) is 0 Å². The van der Waals surface area contributed by atoms with Gasteiger partial charge in [-0.15, -0.1) is 0 Å². The number of nitro benzene ring substituents is 1. The summed E-state index contributed by atoms with van der Waals surface area (Å²) in [6.07, 6.45) is 2.92. The molecule has 0 amide bonds. The van der Waals surface area contributed by atoms with Crippen LogP contribution >= 0.6 is 0 Å². The minimum atomic E-state index is -0.496. The average molecular weight is 301 g/mol. The van der Waals surface area contributed by atoms with Crippen molar-refractivity contribution in [2.24, 2.45) is 0 Å². The maximum atomic E-state index is 13.2. The number of aromatic nitrogens is 2. The monoisotopic (exact) mass is 301 g/mol. The van der Waals surface area contributed by atoms with Crippen LogP contribution in [0, 0.1) is 15.9 Å². The summed E-state index contributed by atoms with van der Waals surface area (Å²) in [5.41, 5.74) is 1.53. The van der Waals surface area contributed by atoms with Gasteiger partial charge in [0.25, 0.3) is 0 Å². The van der Waals surface area contributed by atoms with Gasteiger partial charge in [-0.3, -0.25) is 10.1 Å². The van der Waals surface area contributed by atoms with Gasteiger partial charge in [-0.05, 0) is 31.2 Å². The van der Waals surface area contributed by atoms with E-state index in [-0.39, 0.29) is 17.3 Å². The van der Waals surface area contributed by atoms with Crippen molar-refractivity contribution in [2.75, 3.05) is 6.61 Å². The van der Waals surface area contributed by atoms with Gasteiger partial charge in [-0.2, -0.15) is 0 Å². The van der Waals surface area contributed by atoms with E-state index in [9.17, 15) is 14.5 Å². The molecule has 7 heteroatoms. The molecular formula is C15H12FN3O3. The van der Waals surface area contributed by atoms with Crippen molar-refractivity contribution in [3.8, 4) is 17.0 Å². The first kappa shape index (κ1) is 14.0. The predicted octanol–water partition coefficient (Wildman–Crippen LogP) is 3.45. The Morgan fingerprint density at radius 2 is 2.14 bits per heavy atom. The molecule has 0 N–H and O–H groups in total. The van der Waals surface area contributed by atoms with Crippen molar-refractivity contribution < 1.29 is 14.1 Å². The summed E-state index contributed by atoms with van der Waals surface area (Å²) in [7, 11) is 0. The van der Waals surface area contributed by atoms with Crippen LogP contribution in [0.2, 0.25) is 0 Å². The lowest BCUT2D eigenvalue weighted by Crippen LogP contribution is -1.97. The quantitative estimate of drug-likeness (QED) is 0.546. The summed E-state index contributed by atoms with van der Waals surface area (Å²) < 4.78 is 20.0. The van der Waals surface area contributed by atoms with Crippen LogP contribution in [-0.2, 0) is 0 Å². The third-order valence-corrected chi connectivity index (χ3v) is 3.17. The van der Waals surface area contributed by atoms with Crippen molar-refractivity contribution in [1.82, 2.24) is 9.38 Å². The maximum absolute atomic E-state index is 13.2. The number of fused-ring (bicyclic) bond motifs is 1. The second-order valence-corrected chi connectivity index (χ2v) is 4.61. The fourth-order valence-electron chi connectivity index (χ4n) is 2.20. The fraction of sp³-hybridized carbons (Fsp3) is 0.133. The summed E-state index contributed by atoms with van der Waals surface area (Å²) in [5, 5.41) is 11.1. The topological polar surface area (TPSA) is 69.7 Å². The van der Waals surface area contributed by atoms with Gasteiger partial charge in [0.1, 0.15) is 11.5 Å². The van der Waals surface area contributed by atoms with E-state index < -0.39 is 4.92 Å². The molecule has 22 heavy (non-hydrogen) atoms. The van der Waals surface area contributed by atoms with Crippen molar-refractivity contribution in [3.05, 3.63) is 58.7 Å². The molecule has 0 atom stereocenters. The normalized spacial score (nSPS) is 10.8. The number of imidazole rings is 1. The molecule has 0 saturated carbocycles. The largest absolute Gasteiger partial charge is 0.487 e. The molecule has 0 unspecified atom stereocenters. The summed E-state index contributed by atoms with van der Waals surface area (Å²) >= 11 is 0. The van der Waals surface area contributed by atoms with E-state index in [1.165, 1.54) is 22.7 Å². The van der Waals surface area contributed by atoms with Crippen LogP contribution < -0.4 is 4.74 Å². The van der Waals surface area contributed by atoms with Crippen molar-refractivity contribution >= 4 is 11.3 Å². The minimum Gasteiger partial charge on any atom is -0.487 e. The SMILES string of the molecule is CCOc1ccc(-c2cn3cc(F)ccc3n2)cc1[N+](=O)[O-]. The number of halogens is 1. The standard InChI is InChI=1S/C15H12FN3O3/c1-2-22-14-5-3-10(7-13(14)19(20)21)12-9-18-8-11(16)4-6-15(18)17-12/h3-9H,2H2,1H3. The molecule has 0 spiro atoms. The minimum absolute atomic E-state index is 0.123. The van der Waals surface area contributed by atoms with Crippen LogP contribution in [0.4, 0.5) is 10.1 Å². The van der Waals surface area contributed by atoms with Crippen LogP contribution in [-0.4, -0.2) is 20.9 Å². The highest BCUT2D eigenvalue weighted by molar-refractivity contribution is 5.68. The molecule has 1 aromatic carbocycles. The molecule has 6 nitrogen and oxygen atoms in total. The highest BCUT2D eigenvalue weighted by Crippen LogP contribution is 2.32. The Kier molecular flexibility index (Phi) is 3.46. The van der Waals surface area contributed by atoms with Gasteiger partial charge in [-0.1, -0.05) is 0 Å². The van der Waals surface area contributed by atoms with Crippen molar-refractivity contribution in [2.45, 2.75) is 6.92 Å².